The highest BCUT2D eigenvalue weighted by molar-refractivity contribution is 7.91. The van der Waals surface area contributed by atoms with Gasteiger partial charge in [-0.2, -0.15) is 0 Å². The molecule has 2 heterocycles. The van der Waals surface area contributed by atoms with E-state index >= 15 is 0 Å². The van der Waals surface area contributed by atoms with Gasteiger partial charge in [0, 0.05) is 23.0 Å². The standard InChI is InChI=1S/C17H14N2O2S/c20-22(21)11-9-13-16(22)7-6-14-17(13)15(8-10-18-14)19-12-4-2-1-3-5-12/h1-8,10H,9,11H2,(H,18,19). The molecule has 110 valence electrons. The maximum atomic E-state index is 12.1. The highest BCUT2D eigenvalue weighted by atomic mass is 32.2. The Bertz CT molecular complexity index is 967. The van der Waals surface area contributed by atoms with Gasteiger partial charge in [-0.25, -0.2) is 8.42 Å². The fourth-order valence-corrected chi connectivity index (χ4v) is 4.51. The largest absolute Gasteiger partial charge is 0.355 e. The van der Waals surface area contributed by atoms with Crippen LogP contribution in [0.15, 0.2) is 59.6 Å². The molecule has 0 atom stereocenters. The van der Waals surface area contributed by atoms with Crippen LogP contribution in [-0.4, -0.2) is 19.2 Å². The summed E-state index contributed by atoms with van der Waals surface area (Å²) in [5.74, 6) is 0.182. The number of aryl methyl sites for hydroxylation is 1. The van der Waals surface area contributed by atoms with E-state index in [4.69, 9.17) is 0 Å². The molecule has 0 aliphatic carbocycles. The second-order valence-corrected chi connectivity index (χ2v) is 7.43. The van der Waals surface area contributed by atoms with Gasteiger partial charge in [0.1, 0.15) is 0 Å². The van der Waals surface area contributed by atoms with Gasteiger partial charge in [0.2, 0.25) is 0 Å². The van der Waals surface area contributed by atoms with Crippen LogP contribution >= 0.6 is 0 Å². The van der Waals surface area contributed by atoms with Crippen LogP contribution in [0.25, 0.3) is 10.9 Å². The lowest BCUT2D eigenvalue weighted by molar-refractivity contribution is 0.600. The lowest BCUT2D eigenvalue weighted by Crippen LogP contribution is -1.98. The van der Waals surface area contributed by atoms with E-state index in [1.54, 1.807) is 18.3 Å². The Morgan fingerprint density at radius 3 is 2.64 bits per heavy atom. The van der Waals surface area contributed by atoms with Crippen molar-refractivity contribution in [2.45, 2.75) is 11.3 Å². The van der Waals surface area contributed by atoms with Crippen molar-refractivity contribution in [2.75, 3.05) is 11.1 Å². The number of fused-ring (bicyclic) bond motifs is 3. The Kier molecular flexibility index (Phi) is 2.90. The number of aromatic nitrogens is 1. The zero-order chi connectivity index (χ0) is 15.2. The molecule has 0 unspecified atom stereocenters. The molecule has 0 radical (unpaired) electrons. The second kappa shape index (κ2) is 4.81. The lowest BCUT2D eigenvalue weighted by Gasteiger charge is -2.12. The third-order valence-electron chi connectivity index (χ3n) is 3.98. The van der Waals surface area contributed by atoms with Crippen molar-refractivity contribution in [1.82, 2.24) is 4.98 Å². The molecular formula is C17H14N2O2S. The Labute approximate surface area is 128 Å². The fraction of sp³-hybridized carbons (Fsp3) is 0.118. The van der Waals surface area contributed by atoms with Gasteiger partial charge in [0.25, 0.3) is 0 Å². The number of pyridine rings is 1. The van der Waals surface area contributed by atoms with Gasteiger partial charge in [-0.05, 0) is 42.3 Å². The Morgan fingerprint density at radius 1 is 1.00 bits per heavy atom. The molecule has 1 N–H and O–H groups in total. The average molecular weight is 310 g/mol. The average Bonchev–Trinajstić information content (AvgIpc) is 2.84. The SMILES string of the molecule is O=S1(=O)CCc2c1ccc1nccc(Nc3ccccc3)c21. The van der Waals surface area contributed by atoms with E-state index < -0.39 is 9.84 Å². The van der Waals surface area contributed by atoms with Gasteiger partial charge in [0.05, 0.1) is 16.2 Å². The van der Waals surface area contributed by atoms with Crippen molar-refractivity contribution in [3.8, 4) is 0 Å². The summed E-state index contributed by atoms with van der Waals surface area (Å²) in [4.78, 5) is 4.82. The van der Waals surface area contributed by atoms with E-state index in [1.807, 2.05) is 36.4 Å². The summed E-state index contributed by atoms with van der Waals surface area (Å²) in [7, 11) is -3.14. The molecule has 1 aromatic heterocycles. The number of nitrogens with one attached hydrogen (secondary N) is 1. The van der Waals surface area contributed by atoms with Crippen LogP contribution in [0, 0.1) is 0 Å². The first kappa shape index (κ1) is 13.3. The minimum atomic E-state index is -3.14. The molecule has 5 heteroatoms. The summed E-state index contributed by atoms with van der Waals surface area (Å²) in [5.41, 5.74) is 3.56. The minimum absolute atomic E-state index is 0.182. The smallest absolute Gasteiger partial charge is 0.179 e. The normalized spacial score (nSPS) is 15.6. The fourth-order valence-electron chi connectivity index (χ4n) is 2.97. The number of rotatable bonds is 2. The number of hydrogen-bond donors (Lipinski definition) is 1. The van der Waals surface area contributed by atoms with Gasteiger partial charge in [-0.1, -0.05) is 18.2 Å². The summed E-state index contributed by atoms with van der Waals surface area (Å²) in [6, 6.07) is 15.2. The van der Waals surface area contributed by atoms with E-state index in [9.17, 15) is 8.42 Å². The van der Waals surface area contributed by atoms with Crippen LogP contribution in [-0.2, 0) is 16.3 Å². The van der Waals surface area contributed by atoms with E-state index in [1.165, 1.54) is 0 Å². The van der Waals surface area contributed by atoms with Crippen molar-refractivity contribution in [2.24, 2.45) is 0 Å². The number of benzene rings is 2. The third kappa shape index (κ3) is 2.05. The summed E-state index contributed by atoms with van der Waals surface area (Å²) < 4.78 is 24.3. The van der Waals surface area contributed by atoms with Crippen LogP contribution in [0.5, 0.6) is 0 Å². The third-order valence-corrected chi connectivity index (χ3v) is 5.77. The monoisotopic (exact) mass is 310 g/mol. The predicted molar refractivity (Wildman–Crippen MR) is 87.2 cm³/mol. The summed E-state index contributed by atoms with van der Waals surface area (Å²) in [6.45, 7) is 0. The topological polar surface area (TPSA) is 59.1 Å². The van der Waals surface area contributed by atoms with E-state index in [0.29, 0.717) is 11.3 Å². The zero-order valence-corrected chi connectivity index (χ0v) is 12.6. The van der Waals surface area contributed by atoms with Crippen molar-refractivity contribution in [3.05, 3.63) is 60.3 Å². The molecule has 22 heavy (non-hydrogen) atoms. The van der Waals surface area contributed by atoms with Gasteiger partial charge >= 0.3 is 0 Å². The molecular weight excluding hydrogens is 296 g/mol. The van der Waals surface area contributed by atoms with Gasteiger partial charge < -0.3 is 5.32 Å². The maximum absolute atomic E-state index is 12.1. The first-order valence-electron chi connectivity index (χ1n) is 7.10. The predicted octanol–water partition coefficient (Wildman–Crippen LogP) is 3.31. The van der Waals surface area contributed by atoms with Crippen LogP contribution in [0.4, 0.5) is 11.4 Å². The highest BCUT2D eigenvalue weighted by Gasteiger charge is 2.28. The molecule has 0 amide bonds. The van der Waals surface area contributed by atoms with Gasteiger partial charge in [-0.3, -0.25) is 4.98 Å². The number of para-hydroxylation sites is 1. The van der Waals surface area contributed by atoms with Crippen molar-refractivity contribution >= 4 is 32.1 Å². The Balaban J connectivity index is 1.95. The molecule has 0 spiro atoms. The maximum Gasteiger partial charge on any atom is 0.179 e. The molecule has 0 bridgehead atoms. The number of nitrogens with zero attached hydrogens (tertiary/aromatic N) is 1. The van der Waals surface area contributed by atoms with E-state index in [-0.39, 0.29) is 5.75 Å². The molecule has 4 nitrogen and oxygen atoms in total. The molecule has 0 saturated heterocycles. The van der Waals surface area contributed by atoms with E-state index in [0.717, 1.165) is 27.8 Å². The van der Waals surface area contributed by atoms with Crippen LogP contribution < -0.4 is 5.32 Å². The van der Waals surface area contributed by atoms with Crippen molar-refractivity contribution < 1.29 is 8.42 Å². The molecule has 0 saturated carbocycles. The van der Waals surface area contributed by atoms with Crippen LogP contribution in [0.3, 0.4) is 0 Å². The molecule has 4 rings (SSSR count). The number of anilines is 2. The number of sulfone groups is 1. The van der Waals surface area contributed by atoms with Crippen molar-refractivity contribution in [3.63, 3.8) is 0 Å². The lowest BCUT2D eigenvalue weighted by atomic mass is 10.0. The summed E-state index contributed by atoms with van der Waals surface area (Å²) in [6.07, 6.45) is 2.29. The Hall–Kier alpha value is -2.40. The van der Waals surface area contributed by atoms with Gasteiger partial charge in [0.15, 0.2) is 9.84 Å². The van der Waals surface area contributed by atoms with Crippen LogP contribution in [0.2, 0.25) is 0 Å². The second-order valence-electron chi connectivity index (χ2n) is 5.35. The zero-order valence-electron chi connectivity index (χ0n) is 11.8. The first-order chi connectivity index (χ1) is 10.6. The minimum Gasteiger partial charge on any atom is -0.355 e. The van der Waals surface area contributed by atoms with E-state index in [2.05, 4.69) is 10.3 Å². The molecule has 3 aromatic rings. The molecule has 0 fully saturated rings. The highest BCUT2D eigenvalue weighted by Crippen LogP contribution is 2.36. The Morgan fingerprint density at radius 2 is 1.82 bits per heavy atom. The molecule has 1 aliphatic rings. The summed E-state index contributed by atoms with van der Waals surface area (Å²) in [5, 5.41) is 4.28. The molecule has 2 aromatic carbocycles. The first-order valence-corrected chi connectivity index (χ1v) is 8.76. The van der Waals surface area contributed by atoms with Crippen LogP contribution in [0.1, 0.15) is 5.56 Å². The van der Waals surface area contributed by atoms with Gasteiger partial charge in [-0.15, -0.1) is 0 Å². The number of hydrogen-bond acceptors (Lipinski definition) is 4. The quantitative estimate of drug-likeness (QED) is 0.789. The molecule has 1 aliphatic heterocycles. The van der Waals surface area contributed by atoms with Crippen molar-refractivity contribution in [1.29, 1.82) is 0 Å². The summed E-state index contributed by atoms with van der Waals surface area (Å²) >= 11 is 0.